The fourth-order valence-electron chi connectivity index (χ4n) is 2.81. The Morgan fingerprint density at radius 1 is 0.889 bits per heavy atom. The molecule has 0 saturated carbocycles. The number of methoxy groups -OCH3 is 1. The van der Waals surface area contributed by atoms with Crippen molar-refractivity contribution in [1.29, 1.82) is 0 Å². The zero-order valence-corrected chi connectivity index (χ0v) is 14.9. The second-order valence-corrected chi connectivity index (χ2v) is 6.04. The Morgan fingerprint density at radius 3 is 2.26 bits per heavy atom. The van der Waals surface area contributed by atoms with Gasteiger partial charge in [-0.2, -0.15) is 0 Å². The molecule has 0 N–H and O–H groups in total. The molecular weight excluding hydrogens is 342 g/mol. The van der Waals surface area contributed by atoms with Crippen LogP contribution in [-0.2, 0) is 0 Å². The van der Waals surface area contributed by atoms with Crippen LogP contribution in [-0.4, -0.2) is 28.1 Å². The minimum Gasteiger partial charge on any atom is -0.496 e. The molecule has 0 amide bonds. The lowest BCUT2D eigenvalue weighted by atomic mass is 10.2. The molecule has 134 valence electrons. The Labute approximate surface area is 156 Å². The first-order valence-corrected chi connectivity index (χ1v) is 8.44. The van der Waals surface area contributed by atoms with Gasteiger partial charge in [0.2, 0.25) is 0 Å². The third-order valence-electron chi connectivity index (χ3n) is 4.15. The molecule has 3 aromatic carbocycles. The van der Waals surface area contributed by atoms with Gasteiger partial charge in [0.15, 0.2) is 5.75 Å². The Balaban J connectivity index is 1.74. The first kappa shape index (κ1) is 16.8. The quantitative estimate of drug-likeness (QED) is 0.408. The molecule has 27 heavy (non-hydrogen) atoms. The van der Waals surface area contributed by atoms with Crippen LogP contribution in [0.2, 0.25) is 0 Å². The van der Waals surface area contributed by atoms with Crippen LogP contribution in [0.1, 0.15) is 15.9 Å². The molecule has 6 heteroatoms. The lowest BCUT2D eigenvalue weighted by Gasteiger charge is -2.11. The van der Waals surface area contributed by atoms with Gasteiger partial charge in [0, 0.05) is 0 Å². The van der Waals surface area contributed by atoms with Crippen molar-refractivity contribution in [2.24, 2.45) is 0 Å². The summed E-state index contributed by atoms with van der Waals surface area (Å²) in [6, 6.07) is 20.0. The topological polar surface area (TPSA) is 66.2 Å². The minimum absolute atomic E-state index is 0.352. The first-order valence-electron chi connectivity index (χ1n) is 8.44. The monoisotopic (exact) mass is 359 g/mol. The number of esters is 1. The van der Waals surface area contributed by atoms with Gasteiger partial charge in [0.25, 0.3) is 0 Å². The molecule has 0 unspecified atom stereocenters. The van der Waals surface area contributed by atoms with Gasteiger partial charge in [0.1, 0.15) is 28.0 Å². The molecule has 0 fully saturated rings. The summed E-state index contributed by atoms with van der Waals surface area (Å²) >= 11 is 0. The van der Waals surface area contributed by atoms with E-state index in [-0.39, 0.29) is 0 Å². The van der Waals surface area contributed by atoms with Crippen molar-refractivity contribution in [2.45, 2.75) is 6.92 Å². The third-order valence-corrected chi connectivity index (χ3v) is 4.15. The van der Waals surface area contributed by atoms with Crippen molar-refractivity contribution >= 4 is 17.0 Å². The molecule has 0 saturated heterocycles. The predicted octanol–water partition coefficient (Wildman–Crippen LogP) is 3.96. The zero-order chi connectivity index (χ0) is 18.8. The van der Waals surface area contributed by atoms with E-state index in [1.165, 1.54) is 11.9 Å². The van der Waals surface area contributed by atoms with Crippen molar-refractivity contribution in [3.63, 3.8) is 0 Å². The zero-order valence-electron chi connectivity index (χ0n) is 14.9. The predicted molar refractivity (Wildman–Crippen MR) is 102 cm³/mol. The molecule has 0 bridgehead atoms. The average Bonchev–Trinajstić information content (AvgIpc) is 3.13. The number of aromatic nitrogens is 3. The van der Waals surface area contributed by atoms with E-state index in [2.05, 4.69) is 10.2 Å². The summed E-state index contributed by atoms with van der Waals surface area (Å²) in [5.41, 5.74) is 3.48. The van der Waals surface area contributed by atoms with Crippen LogP contribution in [0.15, 0.2) is 66.7 Å². The molecule has 6 nitrogen and oxygen atoms in total. The van der Waals surface area contributed by atoms with Crippen molar-refractivity contribution < 1.29 is 14.3 Å². The first-order chi connectivity index (χ1) is 13.2. The summed E-state index contributed by atoms with van der Waals surface area (Å²) in [4.78, 5) is 14.2. The molecular formula is C21H17N3O3. The second-order valence-electron chi connectivity index (χ2n) is 6.04. The highest BCUT2D eigenvalue weighted by molar-refractivity contribution is 5.94. The SMILES string of the molecule is COc1ccccc1C(=O)Oc1ccc(C)cc1-n1nc2ccccc2n1. The normalized spacial score (nSPS) is 10.7. The number of rotatable bonds is 4. The highest BCUT2D eigenvalue weighted by Crippen LogP contribution is 2.27. The van der Waals surface area contributed by atoms with Gasteiger partial charge < -0.3 is 9.47 Å². The van der Waals surface area contributed by atoms with Crippen LogP contribution >= 0.6 is 0 Å². The van der Waals surface area contributed by atoms with Gasteiger partial charge in [-0.15, -0.1) is 15.0 Å². The minimum atomic E-state index is -0.505. The second kappa shape index (κ2) is 6.92. The lowest BCUT2D eigenvalue weighted by Crippen LogP contribution is -2.12. The summed E-state index contributed by atoms with van der Waals surface area (Å²) in [5, 5.41) is 8.98. The van der Waals surface area contributed by atoms with Gasteiger partial charge in [-0.25, -0.2) is 4.79 Å². The number of carbonyl (C=O) groups is 1. The summed E-state index contributed by atoms with van der Waals surface area (Å²) < 4.78 is 10.9. The fourth-order valence-corrected chi connectivity index (χ4v) is 2.81. The number of hydrogen-bond donors (Lipinski definition) is 0. The van der Waals surface area contributed by atoms with E-state index in [4.69, 9.17) is 9.47 Å². The molecule has 1 aromatic heterocycles. The Bertz CT molecular complexity index is 1100. The molecule has 0 aliphatic carbocycles. The van der Waals surface area contributed by atoms with Crippen molar-refractivity contribution in [1.82, 2.24) is 15.0 Å². The largest absolute Gasteiger partial charge is 0.496 e. The Morgan fingerprint density at radius 2 is 1.56 bits per heavy atom. The molecule has 0 aliphatic rings. The van der Waals surface area contributed by atoms with Gasteiger partial charge in [-0.1, -0.05) is 30.3 Å². The van der Waals surface area contributed by atoms with E-state index in [1.807, 2.05) is 43.3 Å². The van der Waals surface area contributed by atoms with Gasteiger partial charge in [0.05, 0.1) is 7.11 Å². The van der Waals surface area contributed by atoms with Crippen LogP contribution < -0.4 is 9.47 Å². The Kier molecular flexibility index (Phi) is 4.30. The average molecular weight is 359 g/mol. The van der Waals surface area contributed by atoms with E-state index in [0.717, 1.165) is 16.6 Å². The van der Waals surface area contributed by atoms with Gasteiger partial charge in [-0.3, -0.25) is 0 Å². The van der Waals surface area contributed by atoms with Crippen LogP contribution in [0.3, 0.4) is 0 Å². The summed E-state index contributed by atoms with van der Waals surface area (Å²) in [7, 11) is 1.52. The highest BCUT2D eigenvalue weighted by Gasteiger charge is 2.18. The van der Waals surface area contributed by atoms with Crippen LogP contribution in [0.4, 0.5) is 0 Å². The van der Waals surface area contributed by atoms with Gasteiger partial charge in [-0.05, 0) is 48.9 Å². The number of aryl methyl sites for hydroxylation is 1. The molecule has 4 rings (SSSR count). The Hall–Kier alpha value is -3.67. The fraction of sp³-hybridized carbons (Fsp3) is 0.0952. The van der Waals surface area contributed by atoms with Crippen molar-refractivity contribution in [3.05, 3.63) is 77.9 Å². The maximum absolute atomic E-state index is 12.7. The van der Waals surface area contributed by atoms with Crippen LogP contribution in [0, 0.1) is 6.92 Å². The highest BCUT2D eigenvalue weighted by atomic mass is 16.5. The molecule has 0 atom stereocenters. The number of fused-ring (bicyclic) bond motifs is 1. The molecule has 0 aliphatic heterocycles. The van der Waals surface area contributed by atoms with E-state index in [1.54, 1.807) is 30.3 Å². The molecule has 0 spiro atoms. The lowest BCUT2D eigenvalue weighted by molar-refractivity contribution is 0.0730. The van der Waals surface area contributed by atoms with Crippen LogP contribution in [0.5, 0.6) is 11.5 Å². The maximum Gasteiger partial charge on any atom is 0.347 e. The maximum atomic E-state index is 12.7. The smallest absolute Gasteiger partial charge is 0.347 e. The van der Waals surface area contributed by atoms with Gasteiger partial charge >= 0.3 is 5.97 Å². The van der Waals surface area contributed by atoms with E-state index >= 15 is 0 Å². The third kappa shape index (κ3) is 3.25. The summed E-state index contributed by atoms with van der Waals surface area (Å²) in [5.74, 6) is 0.324. The number of ether oxygens (including phenoxy) is 2. The molecule has 0 radical (unpaired) electrons. The number of para-hydroxylation sites is 1. The number of hydrogen-bond acceptors (Lipinski definition) is 5. The van der Waals surface area contributed by atoms with Crippen molar-refractivity contribution in [2.75, 3.05) is 7.11 Å². The standard InChI is InChI=1S/C21H17N3O3/c1-14-11-12-20(27-21(25)15-7-3-6-10-19(15)26-2)18(13-14)24-22-16-8-4-5-9-17(16)23-24/h3-13H,1-2H3. The van der Waals surface area contributed by atoms with Crippen LogP contribution in [0.25, 0.3) is 16.7 Å². The molecule has 1 heterocycles. The van der Waals surface area contributed by atoms with E-state index < -0.39 is 5.97 Å². The summed E-state index contributed by atoms with van der Waals surface area (Å²) in [6.07, 6.45) is 0. The number of nitrogens with zero attached hydrogens (tertiary/aromatic N) is 3. The summed E-state index contributed by atoms with van der Waals surface area (Å²) in [6.45, 7) is 1.96. The number of benzene rings is 3. The molecule has 4 aromatic rings. The van der Waals surface area contributed by atoms with E-state index in [0.29, 0.717) is 22.7 Å². The van der Waals surface area contributed by atoms with Crippen molar-refractivity contribution in [3.8, 4) is 17.2 Å². The number of carbonyl (C=O) groups excluding carboxylic acids is 1. The van der Waals surface area contributed by atoms with E-state index in [9.17, 15) is 4.79 Å².